The third kappa shape index (κ3) is 0.939. The Morgan fingerprint density at radius 2 is 2.08 bits per heavy atom. The molecule has 0 aliphatic rings. The molecule has 0 radical (unpaired) electrons. The minimum atomic E-state index is 0.331. The molecule has 2 aromatic rings. The van der Waals surface area contributed by atoms with Gasteiger partial charge in [0.15, 0.2) is 5.65 Å². The van der Waals surface area contributed by atoms with E-state index >= 15 is 0 Å². The van der Waals surface area contributed by atoms with Crippen molar-refractivity contribution in [3.63, 3.8) is 0 Å². The Balaban J connectivity index is 2.73. The Labute approximate surface area is 69.5 Å². The quantitative estimate of drug-likeness (QED) is 0.619. The number of aromatic nitrogens is 5. The van der Waals surface area contributed by atoms with E-state index in [2.05, 4.69) is 34.2 Å². The SMILES string of the molecule is CC(C)c1nncc2nncn12. The summed E-state index contributed by atoms with van der Waals surface area (Å²) in [6.07, 6.45) is 3.25. The lowest BCUT2D eigenvalue weighted by atomic mass is 10.2. The van der Waals surface area contributed by atoms with Gasteiger partial charge in [0.25, 0.3) is 0 Å². The first-order valence-electron chi connectivity index (χ1n) is 3.80. The zero-order valence-electron chi connectivity index (χ0n) is 6.97. The molecule has 0 saturated heterocycles. The zero-order valence-corrected chi connectivity index (χ0v) is 6.97. The summed E-state index contributed by atoms with van der Waals surface area (Å²) < 4.78 is 1.84. The van der Waals surface area contributed by atoms with E-state index in [0.29, 0.717) is 5.92 Å². The minimum Gasteiger partial charge on any atom is -0.266 e. The van der Waals surface area contributed by atoms with Gasteiger partial charge in [0, 0.05) is 5.92 Å². The van der Waals surface area contributed by atoms with Crippen LogP contribution >= 0.6 is 0 Å². The maximum absolute atomic E-state index is 4.01. The molecule has 0 amide bonds. The third-order valence-electron chi connectivity index (χ3n) is 1.67. The molecule has 0 N–H and O–H groups in total. The number of rotatable bonds is 1. The van der Waals surface area contributed by atoms with Gasteiger partial charge >= 0.3 is 0 Å². The number of fused-ring (bicyclic) bond motifs is 1. The average Bonchev–Trinajstić information content (AvgIpc) is 2.49. The van der Waals surface area contributed by atoms with Crippen molar-refractivity contribution >= 4 is 5.65 Å². The predicted octanol–water partition coefficient (Wildman–Crippen LogP) is 0.643. The molecule has 0 saturated carbocycles. The molecular formula is C7H9N5. The first kappa shape index (κ1) is 7.15. The van der Waals surface area contributed by atoms with Crippen LogP contribution in [0.3, 0.4) is 0 Å². The molecule has 0 fully saturated rings. The Morgan fingerprint density at radius 1 is 1.25 bits per heavy atom. The van der Waals surface area contributed by atoms with Crippen LogP contribution < -0.4 is 0 Å². The van der Waals surface area contributed by atoms with Gasteiger partial charge in [-0.05, 0) is 0 Å². The Hall–Kier alpha value is -1.52. The van der Waals surface area contributed by atoms with Gasteiger partial charge in [0.05, 0.1) is 6.20 Å². The fraction of sp³-hybridized carbons (Fsp3) is 0.429. The van der Waals surface area contributed by atoms with Gasteiger partial charge in [-0.3, -0.25) is 4.40 Å². The van der Waals surface area contributed by atoms with E-state index in [4.69, 9.17) is 0 Å². The lowest BCUT2D eigenvalue weighted by Gasteiger charge is -2.03. The van der Waals surface area contributed by atoms with E-state index < -0.39 is 0 Å². The van der Waals surface area contributed by atoms with Crippen molar-refractivity contribution in [2.45, 2.75) is 19.8 Å². The van der Waals surface area contributed by atoms with Crippen LogP contribution in [0.5, 0.6) is 0 Å². The summed E-state index contributed by atoms with van der Waals surface area (Å²) in [6, 6.07) is 0. The first-order chi connectivity index (χ1) is 5.79. The van der Waals surface area contributed by atoms with Gasteiger partial charge in [-0.15, -0.1) is 15.3 Å². The van der Waals surface area contributed by atoms with Crippen LogP contribution in [-0.4, -0.2) is 24.8 Å². The molecule has 2 aromatic heterocycles. The van der Waals surface area contributed by atoms with E-state index in [9.17, 15) is 0 Å². The summed E-state index contributed by atoms with van der Waals surface area (Å²) in [6.45, 7) is 4.12. The van der Waals surface area contributed by atoms with Crippen LogP contribution in [-0.2, 0) is 0 Å². The normalized spacial score (nSPS) is 11.2. The van der Waals surface area contributed by atoms with Crippen molar-refractivity contribution in [2.24, 2.45) is 0 Å². The van der Waals surface area contributed by atoms with Crippen LogP contribution in [0.4, 0.5) is 0 Å². The summed E-state index contributed by atoms with van der Waals surface area (Å²) in [5.74, 6) is 1.22. The van der Waals surface area contributed by atoms with E-state index in [-0.39, 0.29) is 0 Å². The van der Waals surface area contributed by atoms with Crippen molar-refractivity contribution in [2.75, 3.05) is 0 Å². The van der Waals surface area contributed by atoms with Gasteiger partial charge in [-0.1, -0.05) is 13.8 Å². The lowest BCUT2D eigenvalue weighted by molar-refractivity contribution is 0.716. The number of nitrogens with zero attached hydrogens (tertiary/aromatic N) is 5. The Bertz CT molecular complexity index is 391. The van der Waals surface area contributed by atoms with Gasteiger partial charge < -0.3 is 0 Å². The lowest BCUT2D eigenvalue weighted by Crippen LogP contribution is -2.03. The largest absolute Gasteiger partial charge is 0.266 e. The smallest absolute Gasteiger partial charge is 0.182 e. The van der Waals surface area contributed by atoms with Crippen molar-refractivity contribution in [3.8, 4) is 0 Å². The van der Waals surface area contributed by atoms with Gasteiger partial charge in [0.1, 0.15) is 12.2 Å². The fourth-order valence-electron chi connectivity index (χ4n) is 1.09. The Kier molecular flexibility index (Phi) is 1.49. The summed E-state index contributed by atoms with van der Waals surface area (Å²) in [5, 5.41) is 15.5. The molecule has 0 bridgehead atoms. The summed E-state index contributed by atoms with van der Waals surface area (Å²) in [5.41, 5.74) is 0.744. The molecule has 0 aliphatic carbocycles. The fourth-order valence-corrected chi connectivity index (χ4v) is 1.09. The van der Waals surface area contributed by atoms with Gasteiger partial charge in [-0.2, -0.15) is 5.10 Å². The molecule has 5 nitrogen and oxygen atoms in total. The second-order valence-electron chi connectivity index (χ2n) is 2.92. The molecule has 0 aromatic carbocycles. The van der Waals surface area contributed by atoms with Crippen molar-refractivity contribution in [1.29, 1.82) is 0 Å². The summed E-state index contributed by atoms with van der Waals surface area (Å²) >= 11 is 0. The molecule has 62 valence electrons. The van der Waals surface area contributed by atoms with Gasteiger partial charge in [-0.25, -0.2) is 0 Å². The molecule has 2 heterocycles. The van der Waals surface area contributed by atoms with E-state index in [0.717, 1.165) is 11.5 Å². The third-order valence-corrected chi connectivity index (χ3v) is 1.67. The zero-order chi connectivity index (χ0) is 8.55. The summed E-state index contributed by atoms with van der Waals surface area (Å²) in [7, 11) is 0. The van der Waals surface area contributed by atoms with Crippen LogP contribution in [0, 0.1) is 0 Å². The molecule has 0 unspecified atom stereocenters. The standard InChI is InChI=1S/C7H9N5/c1-5(2)7-11-8-3-6-10-9-4-12(6)7/h3-5H,1-2H3. The second kappa shape index (κ2) is 2.51. The average molecular weight is 163 g/mol. The first-order valence-corrected chi connectivity index (χ1v) is 3.80. The van der Waals surface area contributed by atoms with E-state index in [1.54, 1.807) is 12.5 Å². The number of hydrogen-bond donors (Lipinski definition) is 0. The molecule has 12 heavy (non-hydrogen) atoms. The Morgan fingerprint density at radius 3 is 2.83 bits per heavy atom. The van der Waals surface area contributed by atoms with Gasteiger partial charge in [0.2, 0.25) is 0 Å². The summed E-state index contributed by atoms with van der Waals surface area (Å²) in [4.78, 5) is 0. The van der Waals surface area contributed by atoms with E-state index in [1.165, 1.54) is 0 Å². The molecule has 0 atom stereocenters. The highest BCUT2D eigenvalue weighted by molar-refractivity contribution is 5.32. The monoisotopic (exact) mass is 163 g/mol. The molecule has 0 spiro atoms. The molecule has 2 rings (SSSR count). The van der Waals surface area contributed by atoms with Crippen LogP contribution in [0.25, 0.3) is 5.65 Å². The molecular weight excluding hydrogens is 154 g/mol. The van der Waals surface area contributed by atoms with Crippen molar-refractivity contribution in [3.05, 3.63) is 18.3 Å². The topological polar surface area (TPSA) is 56.0 Å². The van der Waals surface area contributed by atoms with Crippen molar-refractivity contribution in [1.82, 2.24) is 24.8 Å². The van der Waals surface area contributed by atoms with Crippen LogP contribution in [0.2, 0.25) is 0 Å². The molecule has 0 aliphatic heterocycles. The van der Waals surface area contributed by atoms with Crippen LogP contribution in [0.1, 0.15) is 25.6 Å². The molecule has 5 heteroatoms. The highest BCUT2D eigenvalue weighted by Crippen LogP contribution is 2.10. The maximum Gasteiger partial charge on any atom is 0.182 e. The maximum atomic E-state index is 4.01. The van der Waals surface area contributed by atoms with Crippen LogP contribution in [0.15, 0.2) is 12.5 Å². The highest BCUT2D eigenvalue weighted by Gasteiger charge is 2.06. The predicted molar refractivity (Wildman–Crippen MR) is 42.7 cm³/mol. The minimum absolute atomic E-state index is 0.331. The second-order valence-corrected chi connectivity index (χ2v) is 2.92. The van der Waals surface area contributed by atoms with Crippen molar-refractivity contribution < 1.29 is 0 Å². The van der Waals surface area contributed by atoms with E-state index in [1.807, 2.05) is 4.40 Å². The highest BCUT2D eigenvalue weighted by atomic mass is 15.3. The number of hydrogen-bond acceptors (Lipinski definition) is 4.